The Labute approximate surface area is 172 Å². The number of hydrogen-bond donors (Lipinski definition) is 1. The lowest BCUT2D eigenvalue weighted by Crippen LogP contribution is -1.98. The van der Waals surface area contributed by atoms with Gasteiger partial charge in [0, 0.05) is 6.07 Å². The number of ether oxygens (including phenoxy) is 1. The Balaban J connectivity index is 0.00000117. The lowest BCUT2D eigenvalue weighted by molar-refractivity contribution is 0.415. The highest BCUT2D eigenvalue weighted by Crippen LogP contribution is 2.37. The zero-order valence-corrected chi connectivity index (χ0v) is 18.7. The van der Waals surface area contributed by atoms with Gasteiger partial charge in [-0.25, -0.2) is 9.97 Å². The minimum absolute atomic E-state index is 0.371. The Morgan fingerprint density at radius 3 is 2.65 bits per heavy atom. The predicted molar refractivity (Wildman–Crippen MR) is 117 cm³/mol. The maximum Gasteiger partial charge on any atom is 0.167 e. The molecule has 6 nitrogen and oxygen atoms in total. The zero-order valence-electron chi connectivity index (χ0n) is 14.8. The van der Waals surface area contributed by atoms with Gasteiger partial charge in [0.1, 0.15) is 22.6 Å². The quantitative estimate of drug-likeness (QED) is 0.276. The summed E-state index contributed by atoms with van der Waals surface area (Å²) < 4.78 is 7.38. The number of nitrogens with one attached hydrogen (secondary N) is 1. The van der Waals surface area contributed by atoms with Crippen LogP contribution in [-0.2, 0) is 0 Å². The third-order valence-electron chi connectivity index (χ3n) is 3.45. The first kappa shape index (κ1) is 20.7. The maximum absolute atomic E-state index is 9.22. The highest BCUT2D eigenvalue weighted by atomic mass is 127. The number of benzene rings is 1. The molecule has 0 radical (unpaired) electrons. The second-order valence-corrected chi connectivity index (χ2v) is 7.32. The predicted octanol–water partition coefficient (Wildman–Crippen LogP) is 5.83. The van der Waals surface area contributed by atoms with Crippen LogP contribution in [0, 0.1) is 18.3 Å². The SMILES string of the molecule is CC.COc1c(C#N)cccc1Nc1cc(Cl)nc2c1nc(C)n2PI. The van der Waals surface area contributed by atoms with E-state index in [2.05, 4.69) is 43.4 Å². The van der Waals surface area contributed by atoms with Gasteiger partial charge in [0.15, 0.2) is 11.4 Å². The van der Waals surface area contributed by atoms with E-state index >= 15 is 0 Å². The molecule has 1 atom stereocenters. The second kappa shape index (κ2) is 9.36. The molecule has 0 spiro atoms. The summed E-state index contributed by atoms with van der Waals surface area (Å²) in [6.45, 7) is 5.93. The molecule has 2 aromatic heterocycles. The smallest absolute Gasteiger partial charge is 0.167 e. The number of pyridine rings is 1. The molecule has 2 heterocycles. The molecule has 9 heteroatoms. The van der Waals surface area contributed by atoms with Crippen LogP contribution in [0.25, 0.3) is 11.2 Å². The van der Waals surface area contributed by atoms with Crippen molar-refractivity contribution in [2.75, 3.05) is 12.4 Å². The van der Waals surface area contributed by atoms with Crippen molar-refractivity contribution < 1.29 is 4.74 Å². The third-order valence-corrected chi connectivity index (χ3v) is 5.79. The fourth-order valence-corrected chi connectivity index (χ4v) is 4.74. The van der Waals surface area contributed by atoms with E-state index in [1.807, 2.05) is 31.2 Å². The summed E-state index contributed by atoms with van der Waals surface area (Å²) in [5.74, 6) is 1.35. The van der Waals surface area contributed by atoms with Crippen LogP contribution in [0.4, 0.5) is 11.4 Å². The number of rotatable bonds is 4. The van der Waals surface area contributed by atoms with Gasteiger partial charge in [0.05, 0.1) is 30.4 Å². The van der Waals surface area contributed by atoms with Crippen molar-refractivity contribution in [3.05, 3.63) is 40.8 Å². The van der Waals surface area contributed by atoms with E-state index in [9.17, 15) is 5.26 Å². The molecule has 0 aliphatic heterocycles. The molecule has 0 bridgehead atoms. The molecule has 0 amide bonds. The topological polar surface area (TPSA) is 75.8 Å². The monoisotopic (exact) mass is 501 g/mol. The Kier molecular flexibility index (Phi) is 7.44. The average molecular weight is 502 g/mol. The van der Waals surface area contributed by atoms with E-state index < -0.39 is 0 Å². The van der Waals surface area contributed by atoms with E-state index in [1.165, 1.54) is 7.11 Å². The lowest BCUT2D eigenvalue weighted by Gasteiger charge is -2.13. The molecule has 0 saturated heterocycles. The van der Waals surface area contributed by atoms with E-state index in [4.69, 9.17) is 16.3 Å². The van der Waals surface area contributed by atoms with Gasteiger partial charge in [-0.2, -0.15) is 5.26 Å². The molecule has 0 aliphatic rings. The molecule has 26 heavy (non-hydrogen) atoms. The van der Waals surface area contributed by atoms with E-state index in [0.29, 0.717) is 28.5 Å². The number of aryl methyl sites for hydroxylation is 1. The maximum atomic E-state index is 9.22. The molecule has 0 aliphatic carbocycles. The number of nitriles is 1. The number of methoxy groups -OCH3 is 1. The summed E-state index contributed by atoms with van der Waals surface area (Å²) >= 11 is 8.47. The number of imidazole rings is 1. The number of nitrogens with zero attached hydrogens (tertiary/aromatic N) is 4. The van der Waals surface area contributed by atoms with E-state index in [0.717, 1.165) is 22.7 Å². The number of para-hydroxylation sites is 1. The zero-order chi connectivity index (χ0) is 19.3. The van der Waals surface area contributed by atoms with E-state index in [1.54, 1.807) is 18.2 Å². The molecule has 0 saturated carbocycles. The highest BCUT2D eigenvalue weighted by molar-refractivity contribution is 14.2. The van der Waals surface area contributed by atoms with Gasteiger partial charge in [-0.15, -0.1) is 0 Å². The standard InChI is InChI=1S/C15H12ClIN5OP.C2H6/c1-8-19-13-11(6-12(16)21-15(13)22(8)24-17)20-10-5-3-4-9(7-18)14(10)23-2;1-2/h3-6,24H,1-2H3,(H,20,21);1-2H3. The van der Waals surface area contributed by atoms with Crippen LogP contribution < -0.4 is 10.1 Å². The van der Waals surface area contributed by atoms with Crippen LogP contribution in [0.15, 0.2) is 24.3 Å². The van der Waals surface area contributed by atoms with Gasteiger partial charge in [0.2, 0.25) is 0 Å². The Bertz CT molecular complexity index is 970. The van der Waals surface area contributed by atoms with Gasteiger partial charge in [-0.05, 0) is 41.1 Å². The van der Waals surface area contributed by atoms with Crippen molar-refractivity contribution >= 4 is 62.6 Å². The summed E-state index contributed by atoms with van der Waals surface area (Å²) in [5.41, 5.74) is 3.30. The number of fused-ring (bicyclic) bond motifs is 1. The van der Waals surface area contributed by atoms with Gasteiger partial charge < -0.3 is 10.1 Å². The van der Waals surface area contributed by atoms with Crippen LogP contribution in [0.5, 0.6) is 5.75 Å². The average Bonchev–Trinajstić information content (AvgIpc) is 2.98. The number of halogens is 2. The lowest BCUT2D eigenvalue weighted by atomic mass is 10.2. The van der Waals surface area contributed by atoms with Crippen molar-refractivity contribution in [3.63, 3.8) is 0 Å². The summed E-state index contributed by atoms with van der Waals surface area (Å²) in [4.78, 5) is 8.99. The van der Waals surface area contributed by atoms with Crippen molar-refractivity contribution in [2.45, 2.75) is 20.8 Å². The Morgan fingerprint density at radius 1 is 1.31 bits per heavy atom. The van der Waals surface area contributed by atoms with Gasteiger partial charge in [0.25, 0.3) is 0 Å². The van der Waals surface area contributed by atoms with Crippen molar-refractivity contribution in [1.82, 2.24) is 14.3 Å². The minimum atomic E-state index is 0.371. The fraction of sp³-hybridized carbons (Fsp3) is 0.235. The first-order valence-corrected chi connectivity index (χ1v) is 12.3. The van der Waals surface area contributed by atoms with Crippen LogP contribution in [0.3, 0.4) is 0 Å². The van der Waals surface area contributed by atoms with Crippen molar-refractivity contribution in [2.24, 2.45) is 0 Å². The largest absolute Gasteiger partial charge is 0.493 e. The molecule has 1 unspecified atom stereocenters. The van der Waals surface area contributed by atoms with Crippen LogP contribution >= 0.6 is 40.0 Å². The molecule has 0 fully saturated rings. The number of hydrogen-bond acceptors (Lipinski definition) is 5. The summed E-state index contributed by atoms with van der Waals surface area (Å²) in [6.07, 6.45) is 0.471. The van der Waals surface area contributed by atoms with E-state index in [-0.39, 0.29) is 0 Å². The normalized spacial score (nSPS) is 10.5. The van der Waals surface area contributed by atoms with Crippen molar-refractivity contribution in [3.8, 4) is 11.8 Å². The van der Waals surface area contributed by atoms with Crippen molar-refractivity contribution in [1.29, 1.82) is 5.26 Å². The van der Waals surface area contributed by atoms with Crippen LogP contribution in [-0.4, -0.2) is 21.4 Å². The Morgan fingerprint density at radius 2 is 2.04 bits per heavy atom. The molecule has 3 aromatic rings. The minimum Gasteiger partial charge on any atom is -0.493 e. The molecule has 136 valence electrons. The van der Waals surface area contributed by atoms with Crippen LogP contribution in [0.1, 0.15) is 25.2 Å². The first-order chi connectivity index (χ1) is 12.6. The van der Waals surface area contributed by atoms with Gasteiger partial charge in [-0.1, -0.05) is 31.5 Å². The summed E-state index contributed by atoms with van der Waals surface area (Å²) in [5, 5.41) is 12.9. The number of anilines is 2. The van der Waals surface area contributed by atoms with Gasteiger partial charge in [-0.3, -0.25) is 4.34 Å². The fourth-order valence-electron chi connectivity index (χ4n) is 2.41. The second-order valence-electron chi connectivity index (χ2n) is 4.87. The molecule has 1 aromatic carbocycles. The first-order valence-electron chi connectivity index (χ1n) is 7.85. The number of aromatic nitrogens is 3. The summed E-state index contributed by atoms with van der Waals surface area (Å²) in [6, 6.07) is 9.17. The van der Waals surface area contributed by atoms with Gasteiger partial charge >= 0.3 is 0 Å². The molecular formula is C17H18ClIN5OP. The molecule has 3 rings (SSSR count). The summed E-state index contributed by atoms with van der Waals surface area (Å²) in [7, 11) is 1.53. The third kappa shape index (κ3) is 4.03. The molecular weight excluding hydrogens is 484 g/mol. The van der Waals surface area contributed by atoms with Crippen LogP contribution in [0.2, 0.25) is 5.15 Å². The molecule has 1 N–H and O–H groups in total. The highest BCUT2D eigenvalue weighted by Gasteiger charge is 2.16. The Hall–Kier alpha value is -1.62.